The van der Waals surface area contributed by atoms with Gasteiger partial charge in [0, 0.05) is 12.0 Å². The number of rotatable bonds is 2. The molecule has 0 bridgehead atoms. The second kappa shape index (κ2) is 5.82. The summed E-state index contributed by atoms with van der Waals surface area (Å²) in [6.07, 6.45) is 0.793. The van der Waals surface area contributed by atoms with Crippen molar-refractivity contribution in [2.24, 2.45) is 0 Å². The van der Waals surface area contributed by atoms with Crippen molar-refractivity contribution in [1.29, 1.82) is 0 Å². The van der Waals surface area contributed by atoms with Gasteiger partial charge in [-0.25, -0.2) is 4.79 Å². The second-order valence-electron chi connectivity index (χ2n) is 3.06. The summed E-state index contributed by atoms with van der Waals surface area (Å²) in [7, 11) is 2.85. The lowest BCUT2D eigenvalue weighted by atomic mass is 10.1. The molecule has 0 saturated heterocycles. The van der Waals surface area contributed by atoms with E-state index in [0.29, 0.717) is 11.3 Å². The monoisotopic (exact) mass is 218 g/mol. The van der Waals surface area contributed by atoms with Crippen LogP contribution in [0.5, 0.6) is 5.75 Å². The van der Waals surface area contributed by atoms with Gasteiger partial charge in [0.15, 0.2) is 0 Å². The molecule has 0 heterocycles. The minimum absolute atomic E-state index is 0.409. The summed E-state index contributed by atoms with van der Waals surface area (Å²) in [5, 5.41) is 0. The van der Waals surface area contributed by atoms with Crippen LogP contribution in [0.25, 0.3) is 0 Å². The summed E-state index contributed by atoms with van der Waals surface area (Å²) < 4.78 is 9.77. The summed E-state index contributed by atoms with van der Waals surface area (Å²) in [6.45, 7) is 1.98. The minimum Gasteiger partial charge on any atom is -0.496 e. The molecule has 0 aliphatic carbocycles. The first-order chi connectivity index (χ1) is 7.72. The molecule has 0 aliphatic heterocycles. The number of hydrogen-bond donors (Lipinski definition) is 0. The Morgan fingerprint density at radius 1 is 1.38 bits per heavy atom. The Bertz CT molecular complexity index is 438. The van der Waals surface area contributed by atoms with E-state index in [1.807, 2.05) is 6.92 Å². The SMILES string of the molecule is CCC#Cc1ccc(C(=O)OC)c(OC)c1. The van der Waals surface area contributed by atoms with Crippen LogP contribution < -0.4 is 4.74 Å². The maximum absolute atomic E-state index is 11.4. The van der Waals surface area contributed by atoms with Gasteiger partial charge in [-0.05, 0) is 18.2 Å². The number of carbonyl (C=O) groups excluding carboxylic acids is 1. The fourth-order valence-corrected chi connectivity index (χ4v) is 1.24. The van der Waals surface area contributed by atoms with E-state index in [0.717, 1.165) is 12.0 Å². The molecule has 1 rings (SSSR count). The van der Waals surface area contributed by atoms with Gasteiger partial charge in [0.2, 0.25) is 0 Å². The lowest BCUT2D eigenvalue weighted by Crippen LogP contribution is -2.04. The van der Waals surface area contributed by atoms with E-state index in [2.05, 4.69) is 16.6 Å². The lowest BCUT2D eigenvalue weighted by molar-refractivity contribution is 0.0597. The summed E-state index contributed by atoms with van der Waals surface area (Å²) in [4.78, 5) is 11.4. The van der Waals surface area contributed by atoms with Crippen LogP contribution in [0.4, 0.5) is 0 Å². The highest BCUT2D eigenvalue weighted by molar-refractivity contribution is 5.92. The van der Waals surface area contributed by atoms with Crippen molar-refractivity contribution in [3.63, 3.8) is 0 Å². The molecule has 3 nitrogen and oxygen atoms in total. The van der Waals surface area contributed by atoms with Gasteiger partial charge in [0.1, 0.15) is 11.3 Å². The molecule has 0 unspecified atom stereocenters. The van der Waals surface area contributed by atoms with Gasteiger partial charge >= 0.3 is 5.97 Å². The predicted octanol–water partition coefficient (Wildman–Crippen LogP) is 2.24. The molecule has 0 N–H and O–H groups in total. The van der Waals surface area contributed by atoms with E-state index >= 15 is 0 Å². The number of hydrogen-bond acceptors (Lipinski definition) is 3. The quantitative estimate of drug-likeness (QED) is 0.564. The van der Waals surface area contributed by atoms with Crippen LogP contribution in [0, 0.1) is 11.8 Å². The highest BCUT2D eigenvalue weighted by Crippen LogP contribution is 2.20. The van der Waals surface area contributed by atoms with Crippen LogP contribution in [-0.4, -0.2) is 20.2 Å². The van der Waals surface area contributed by atoms with Crippen molar-refractivity contribution in [3.8, 4) is 17.6 Å². The number of carbonyl (C=O) groups is 1. The smallest absolute Gasteiger partial charge is 0.341 e. The molecule has 1 aromatic carbocycles. The number of methoxy groups -OCH3 is 2. The summed E-state index contributed by atoms with van der Waals surface area (Å²) >= 11 is 0. The average Bonchev–Trinajstić information content (AvgIpc) is 2.34. The molecular weight excluding hydrogens is 204 g/mol. The second-order valence-corrected chi connectivity index (χ2v) is 3.06. The molecule has 84 valence electrons. The normalized spacial score (nSPS) is 8.94. The maximum atomic E-state index is 11.4. The Labute approximate surface area is 95.4 Å². The van der Waals surface area contributed by atoms with E-state index in [1.165, 1.54) is 14.2 Å². The van der Waals surface area contributed by atoms with E-state index in [9.17, 15) is 4.79 Å². The Morgan fingerprint density at radius 2 is 2.12 bits per heavy atom. The average molecular weight is 218 g/mol. The van der Waals surface area contributed by atoms with Crippen LogP contribution in [-0.2, 0) is 4.74 Å². The minimum atomic E-state index is -0.410. The zero-order valence-electron chi connectivity index (χ0n) is 9.66. The van der Waals surface area contributed by atoms with Crippen LogP contribution in [0.2, 0.25) is 0 Å². The Kier molecular flexibility index (Phi) is 4.41. The third-order valence-electron chi connectivity index (χ3n) is 2.02. The van der Waals surface area contributed by atoms with E-state index < -0.39 is 5.97 Å². The lowest BCUT2D eigenvalue weighted by Gasteiger charge is -2.06. The Balaban J connectivity index is 3.11. The molecule has 1 aromatic rings. The van der Waals surface area contributed by atoms with Crippen LogP contribution >= 0.6 is 0 Å². The topological polar surface area (TPSA) is 35.5 Å². The van der Waals surface area contributed by atoms with Crippen molar-refractivity contribution in [2.75, 3.05) is 14.2 Å². The molecule has 0 aliphatic rings. The summed E-state index contributed by atoms with van der Waals surface area (Å²) in [6, 6.07) is 5.16. The number of ether oxygens (including phenoxy) is 2. The molecule has 0 fully saturated rings. The van der Waals surface area contributed by atoms with Crippen LogP contribution in [0.3, 0.4) is 0 Å². The standard InChI is InChI=1S/C13H14O3/c1-4-5-6-10-7-8-11(13(14)16-3)12(9-10)15-2/h7-9H,4H2,1-3H3. The molecule has 16 heavy (non-hydrogen) atoms. The van der Waals surface area contributed by atoms with Crippen LogP contribution in [0.15, 0.2) is 18.2 Å². The van der Waals surface area contributed by atoms with E-state index in [1.54, 1.807) is 18.2 Å². The van der Waals surface area contributed by atoms with Crippen LogP contribution in [0.1, 0.15) is 29.3 Å². The molecular formula is C13H14O3. The van der Waals surface area contributed by atoms with Gasteiger partial charge in [-0.2, -0.15) is 0 Å². The highest BCUT2D eigenvalue weighted by atomic mass is 16.5. The fraction of sp³-hybridized carbons (Fsp3) is 0.308. The molecule has 0 aromatic heterocycles. The Hall–Kier alpha value is -1.95. The van der Waals surface area contributed by atoms with Crippen molar-refractivity contribution < 1.29 is 14.3 Å². The van der Waals surface area contributed by atoms with Crippen molar-refractivity contribution in [3.05, 3.63) is 29.3 Å². The zero-order valence-corrected chi connectivity index (χ0v) is 9.66. The van der Waals surface area contributed by atoms with E-state index in [-0.39, 0.29) is 0 Å². The largest absolute Gasteiger partial charge is 0.496 e. The molecule has 0 spiro atoms. The predicted molar refractivity (Wildman–Crippen MR) is 61.5 cm³/mol. The first-order valence-electron chi connectivity index (χ1n) is 4.98. The van der Waals surface area contributed by atoms with E-state index in [4.69, 9.17) is 4.74 Å². The summed E-state index contributed by atoms with van der Waals surface area (Å²) in [5.74, 6) is 6.00. The Morgan fingerprint density at radius 3 is 2.69 bits per heavy atom. The van der Waals surface area contributed by atoms with Gasteiger partial charge in [0.25, 0.3) is 0 Å². The van der Waals surface area contributed by atoms with Crippen molar-refractivity contribution in [1.82, 2.24) is 0 Å². The number of benzene rings is 1. The fourth-order valence-electron chi connectivity index (χ4n) is 1.24. The highest BCUT2D eigenvalue weighted by Gasteiger charge is 2.12. The van der Waals surface area contributed by atoms with Gasteiger partial charge in [-0.1, -0.05) is 18.8 Å². The van der Waals surface area contributed by atoms with Gasteiger partial charge in [-0.15, -0.1) is 0 Å². The summed E-state index contributed by atoms with van der Waals surface area (Å²) in [5.41, 5.74) is 1.23. The van der Waals surface area contributed by atoms with Gasteiger partial charge < -0.3 is 9.47 Å². The molecule has 0 radical (unpaired) electrons. The first kappa shape index (κ1) is 12.1. The number of esters is 1. The first-order valence-corrected chi connectivity index (χ1v) is 4.98. The third-order valence-corrected chi connectivity index (χ3v) is 2.02. The van der Waals surface area contributed by atoms with Crippen molar-refractivity contribution in [2.45, 2.75) is 13.3 Å². The van der Waals surface area contributed by atoms with Crippen molar-refractivity contribution >= 4 is 5.97 Å². The molecule has 0 amide bonds. The third kappa shape index (κ3) is 2.77. The maximum Gasteiger partial charge on any atom is 0.341 e. The zero-order chi connectivity index (χ0) is 12.0. The molecule has 0 saturated carbocycles. The van der Waals surface area contributed by atoms with Gasteiger partial charge in [0.05, 0.1) is 14.2 Å². The van der Waals surface area contributed by atoms with Gasteiger partial charge in [-0.3, -0.25) is 0 Å². The molecule has 3 heteroatoms. The molecule has 0 atom stereocenters.